The van der Waals surface area contributed by atoms with Crippen molar-refractivity contribution in [1.82, 2.24) is 0 Å². The first-order valence-electron chi connectivity index (χ1n) is 3.76. The van der Waals surface area contributed by atoms with E-state index in [1.54, 1.807) is 0 Å². The summed E-state index contributed by atoms with van der Waals surface area (Å²) in [6.45, 7) is 4.15. The molecule has 0 spiro atoms. The van der Waals surface area contributed by atoms with Gasteiger partial charge in [0.1, 0.15) is 0 Å². The molecule has 3 nitrogen and oxygen atoms in total. The van der Waals surface area contributed by atoms with Crippen LogP contribution < -0.4 is 5.73 Å². The Morgan fingerprint density at radius 3 is 3.10 bits per heavy atom. The Balaban J connectivity index is 2.11. The van der Waals surface area contributed by atoms with Gasteiger partial charge in [-0.3, -0.25) is 0 Å². The number of hydrogen-bond donors (Lipinski definition) is 1. The third-order valence-corrected chi connectivity index (χ3v) is 1.64. The molecule has 0 radical (unpaired) electrons. The van der Waals surface area contributed by atoms with Crippen molar-refractivity contribution in [3.8, 4) is 0 Å². The zero-order chi connectivity index (χ0) is 7.40. The molecule has 1 heterocycles. The molecular formula is C7H15NO2. The van der Waals surface area contributed by atoms with Crippen LogP contribution in [0.1, 0.15) is 13.3 Å². The summed E-state index contributed by atoms with van der Waals surface area (Å²) in [6, 6.07) is 0. The Bertz CT molecular complexity index is 91.6. The van der Waals surface area contributed by atoms with E-state index in [0.717, 1.165) is 19.6 Å². The van der Waals surface area contributed by atoms with E-state index in [1.807, 2.05) is 6.92 Å². The van der Waals surface area contributed by atoms with Crippen molar-refractivity contribution in [2.45, 2.75) is 25.6 Å². The van der Waals surface area contributed by atoms with Crippen molar-refractivity contribution in [1.29, 1.82) is 0 Å². The molecule has 0 saturated carbocycles. The normalized spacial score (nSPS) is 28.8. The Kier molecular flexibility index (Phi) is 3.12. The lowest BCUT2D eigenvalue weighted by atomic mass is 10.3. The van der Waals surface area contributed by atoms with Gasteiger partial charge in [0, 0.05) is 13.2 Å². The largest absolute Gasteiger partial charge is 0.379 e. The predicted molar refractivity (Wildman–Crippen MR) is 38.8 cm³/mol. The molecule has 0 aliphatic carbocycles. The molecule has 1 fully saturated rings. The van der Waals surface area contributed by atoms with Crippen molar-refractivity contribution >= 4 is 0 Å². The Morgan fingerprint density at radius 1 is 1.80 bits per heavy atom. The first kappa shape index (κ1) is 7.98. The number of nitrogens with two attached hydrogens (primary N) is 1. The first-order chi connectivity index (χ1) is 4.83. The molecule has 0 aromatic carbocycles. The fourth-order valence-electron chi connectivity index (χ4n) is 1.00. The van der Waals surface area contributed by atoms with Crippen molar-refractivity contribution < 1.29 is 9.47 Å². The average Bonchev–Trinajstić information content (AvgIpc) is 2.40. The van der Waals surface area contributed by atoms with E-state index < -0.39 is 0 Å². The summed E-state index contributed by atoms with van der Waals surface area (Å²) in [4.78, 5) is 0. The third-order valence-electron chi connectivity index (χ3n) is 1.64. The molecule has 2 atom stereocenters. The maximum absolute atomic E-state index is 5.51. The van der Waals surface area contributed by atoms with Gasteiger partial charge < -0.3 is 15.2 Å². The van der Waals surface area contributed by atoms with Crippen molar-refractivity contribution in [2.75, 3.05) is 19.8 Å². The zero-order valence-corrected chi connectivity index (χ0v) is 6.38. The molecule has 0 bridgehead atoms. The second-order valence-corrected chi connectivity index (χ2v) is 2.67. The molecule has 1 aliphatic rings. The minimum Gasteiger partial charge on any atom is -0.379 e. The zero-order valence-electron chi connectivity index (χ0n) is 6.38. The fourth-order valence-corrected chi connectivity index (χ4v) is 1.00. The van der Waals surface area contributed by atoms with Crippen LogP contribution >= 0.6 is 0 Å². The molecule has 1 aliphatic heterocycles. The van der Waals surface area contributed by atoms with Gasteiger partial charge in [0.2, 0.25) is 0 Å². The van der Waals surface area contributed by atoms with E-state index >= 15 is 0 Å². The number of rotatable bonds is 3. The van der Waals surface area contributed by atoms with Crippen LogP contribution in [0.3, 0.4) is 0 Å². The molecule has 0 aromatic rings. The first-order valence-corrected chi connectivity index (χ1v) is 3.76. The minimum absolute atomic E-state index is 0.173. The number of hydrogen-bond acceptors (Lipinski definition) is 3. The molecular weight excluding hydrogens is 130 g/mol. The summed E-state index contributed by atoms with van der Waals surface area (Å²) in [7, 11) is 0. The summed E-state index contributed by atoms with van der Waals surface area (Å²) in [5, 5.41) is 0. The second kappa shape index (κ2) is 3.91. The highest BCUT2D eigenvalue weighted by Crippen LogP contribution is 2.09. The van der Waals surface area contributed by atoms with Crippen LogP contribution in [-0.2, 0) is 9.47 Å². The Morgan fingerprint density at radius 2 is 2.60 bits per heavy atom. The standard InChI is InChI=1S/C7H15NO2/c1-6(4-8)10-7-2-3-9-5-7/h6-7H,2-5,8H2,1H3. The summed E-state index contributed by atoms with van der Waals surface area (Å²) >= 11 is 0. The lowest BCUT2D eigenvalue weighted by Crippen LogP contribution is -2.26. The highest BCUT2D eigenvalue weighted by Gasteiger charge is 2.17. The lowest BCUT2D eigenvalue weighted by molar-refractivity contribution is -0.00174. The van der Waals surface area contributed by atoms with Crippen LogP contribution in [0, 0.1) is 0 Å². The van der Waals surface area contributed by atoms with Gasteiger partial charge in [0.05, 0.1) is 18.8 Å². The van der Waals surface area contributed by atoms with E-state index in [9.17, 15) is 0 Å². The third kappa shape index (κ3) is 2.25. The van der Waals surface area contributed by atoms with Crippen molar-refractivity contribution in [3.63, 3.8) is 0 Å². The van der Waals surface area contributed by atoms with Gasteiger partial charge in [-0.1, -0.05) is 0 Å². The highest BCUT2D eigenvalue weighted by atomic mass is 16.5. The number of ether oxygens (including phenoxy) is 2. The minimum atomic E-state index is 0.173. The Labute approximate surface area is 61.5 Å². The summed E-state index contributed by atoms with van der Waals surface area (Å²) in [5.41, 5.74) is 5.38. The van der Waals surface area contributed by atoms with E-state index in [2.05, 4.69) is 0 Å². The molecule has 1 saturated heterocycles. The van der Waals surface area contributed by atoms with Gasteiger partial charge in [0.15, 0.2) is 0 Å². The molecule has 0 amide bonds. The average molecular weight is 145 g/mol. The van der Waals surface area contributed by atoms with Gasteiger partial charge in [-0.15, -0.1) is 0 Å². The van der Waals surface area contributed by atoms with Gasteiger partial charge in [-0.05, 0) is 13.3 Å². The van der Waals surface area contributed by atoms with Gasteiger partial charge in [0.25, 0.3) is 0 Å². The summed E-state index contributed by atoms with van der Waals surface area (Å²) in [6.07, 6.45) is 1.48. The van der Waals surface area contributed by atoms with Crippen molar-refractivity contribution in [3.05, 3.63) is 0 Å². The smallest absolute Gasteiger partial charge is 0.0834 e. The van der Waals surface area contributed by atoms with Gasteiger partial charge in [-0.25, -0.2) is 0 Å². The monoisotopic (exact) mass is 145 g/mol. The molecule has 60 valence electrons. The van der Waals surface area contributed by atoms with E-state index in [-0.39, 0.29) is 6.10 Å². The molecule has 2 unspecified atom stereocenters. The van der Waals surface area contributed by atoms with E-state index in [0.29, 0.717) is 12.6 Å². The van der Waals surface area contributed by atoms with Crippen LogP contribution in [-0.4, -0.2) is 32.0 Å². The van der Waals surface area contributed by atoms with Gasteiger partial charge in [-0.2, -0.15) is 0 Å². The van der Waals surface area contributed by atoms with Crippen LogP contribution in [0.25, 0.3) is 0 Å². The van der Waals surface area contributed by atoms with Crippen LogP contribution in [0.2, 0.25) is 0 Å². The summed E-state index contributed by atoms with van der Waals surface area (Å²) in [5.74, 6) is 0. The maximum Gasteiger partial charge on any atom is 0.0834 e. The maximum atomic E-state index is 5.51. The second-order valence-electron chi connectivity index (χ2n) is 2.67. The molecule has 0 aromatic heterocycles. The van der Waals surface area contributed by atoms with Crippen LogP contribution in [0.15, 0.2) is 0 Å². The predicted octanol–water partition coefficient (Wildman–Crippen LogP) is 0.139. The molecule has 10 heavy (non-hydrogen) atoms. The molecule has 1 rings (SSSR count). The SMILES string of the molecule is CC(CN)OC1CCOC1. The van der Waals surface area contributed by atoms with E-state index in [1.165, 1.54) is 0 Å². The topological polar surface area (TPSA) is 44.5 Å². The van der Waals surface area contributed by atoms with Crippen LogP contribution in [0.4, 0.5) is 0 Å². The summed E-state index contributed by atoms with van der Waals surface area (Å²) < 4.78 is 10.6. The van der Waals surface area contributed by atoms with Crippen LogP contribution in [0.5, 0.6) is 0 Å². The van der Waals surface area contributed by atoms with E-state index in [4.69, 9.17) is 15.2 Å². The van der Waals surface area contributed by atoms with Crippen molar-refractivity contribution in [2.24, 2.45) is 5.73 Å². The lowest BCUT2D eigenvalue weighted by Gasteiger charge is -2.14. The quantitative estimate of drug-likeness (QED) is 0.614. The molecule has 3 heteroatoms. The highest BCUT2D eigenvalue weighted by molar-refractivity contribution is 4.65. The Hall–Kier alpha value is -0.120. The van der Waals surface area contributed by atoms with Gasteiger partial charge >= 0.3 is 0 Å². The fraction of sp³-hybridized carbons (Fsp3) is 1.00. The molecule has 2 N–H and O–H groups in total.